The Bertz CT molecular complexity index is 1310. The summed E-state index contributed by atoms with van der Waals surface area (Å²) in [4.78, 5) is 12.1. The zero-order valence-corrected chi connectivity index (χ0v) is 21.4. The van der Waals surface area contributed by atoms with Crippen molar-refractivity contribution in [3.63, 3.8) is 0 Å². The van der Waals surface area contributed by atoms with Crippen LogP contribution in [0.25, 0.3) is 33.2 Å². The first-order chi connectivity index (χ1) is 15.6. The number of rotatable bonds is 7. The molecule has 0 aliphatic rings. The summed E-state index contributed by atoms with van der Waals surface area (Å²) >= 11 is 1.95. The number of hydrogen-bond donors (Lipinski definition) is 1. The fraction of sp³-hybridized carbons (Fsp3) is 0.423. The predicted octanol–water partition coefficient (Wildman–Crippen LogP) is 6.07. The highest BCUT2D eigenvalue weighted by molar-refractivity contribution is 7.99. The standard InChI is InChI=1S/C26H33N5OS/c1-15(2)12-31(14-33-16(3)4)20-8-9-23-21(11-20)18(6)27-26(28-23)22-10-19-13-30(7)29-24(19)17(5)25(22)32/h8-11,13,15-16,32H,12,14H2,1-7H3. The van der Waals surface area contributed by atoms with Crippen LogP contribution in [0.5, 0.6) is 5.75 Å². The van der Waals surface area contributed by atoms with Gasteiger partial charge in [0.1, 0.15) is 5.75 Å². The van der Waals surface area contributed by atoms with E-state index in [2.05, 4.69) is 55.9 Å². The van der Waals surface area contributed by atoms with Crippen LogP contribution < -0.4 is 4.90 Å². The van der Waals surface area contributed by atoms with Crippen molar-refractivity contribution in [2.24, 2.45) is 13.0 Å². The number of hydrogen-bond acceptors (Lipinski definition) is 6. The second kappa shape index (κ2) is 9.21. The molecule has 0 saturated carbocycles. The maximum atomic E-state index is 10.9. The molecule has 4 aromatic rings. The Morgan fingerprint density at radius 3 is 2.55 bits per heavy atom. The summed E-state index contributed by atoms with van der Waals surface area (Å²) in [6.45, 7) is 13.9. The molecular formula is C26H33N5OS. The van der Waals surface area contributed by atoms with Gasteiger partial charge in [0.15, 0.2) is 5.82 Å². The van der Waals surface area contributed by atoms with Gasteiger partial charge in [0.05, 0.1) is 22.5 Å². The molecule has 0 saturated heterocycles. The Morgan fingerprint density at radius 2 is 1.85 bits per heavy atom. The normalized spacial score (nSPS) is 11.9. The number of phenols is 1. The minimum atomic E-state index is 0.186. The molecule has 174 valence electrons. The van der Waals surface area contributed by atoms with Gasteiger partial charge in [-0.05, 0) is 44.0 Å². The molecule has 0 amide bonds. The third-order valence-corrected chi connectivity index (χ3v) is 6.88. The van der Waals surface area contributed by atoms with E-state index in [1.165, 1.54) is 5.69 Å². The van der Waals surface area contributed by atoms with Gasteiger partial charge in [-0.3, -0.25) is 4.68 Å². The van der Waals surface area contributed by atoms with Crippen LogP contribution >= 0.6 is 11.8 Å². The Hall–Kier alpha value is -2.80. The number of aromatic hydroxyl groups is 1. The van der Waals surface area contributed by atoms with Crippen LogP contribution in [-0.2, 0) is 7.05 Å². The summed E-state index contributed by atoms with van der Waals surface area (Å²) in [5, 5.41) is 17.9. The van der Waals surface area contributed by atoms with Crippen molar-refractivity contribution in [1.82, 2.24) is 19.7 Å². The lowest BCUT2D eigenvalue weighted by Crippen LogP contribution is -2.27. The molecule has 0 aliphatic heterocycles. The molecule has 2 heterocycles. The van der Waals surface area contributed by atoms with Gasteiger partial charge in [-0.25, -0.2) is 9.97 Å². The molecule has 0 bridgehead atoms. The van der Waals surface area contributed by atoms with Crippen molar-refractivity contribution in [1.29, 1.82) is 0 Å². The summed E-state index contributed by atoms with van der Waals surface area (Å²) in [5.74, 6) is 2.25. The van der Waals surface area contributed by atoms with E-state index < -0.39 is 0 Å². The van der Waals surface area contributed by atoms with E-state index in [1.54, 1.807) is 4.68 Å². The van der Waals surface area contributed by atoms with Gasteiger partial charge in [0.25, 0.3) is 0 Å². The molecule has 0 unspecified atom stereocenters. The highest BCUT2D eigenvalue weighted by Gasteiger charge is 2.18. The van der Waals surface area contributed by atoms with Crippen molar-refractivity contribution in [3.8, 4) is 17.1 Å². The Labute approximate surface area is 200 Å². The number of benzene rings is 2. The van der Waals surface area contributed by atoms with Crippen LogP contribution in [0, 0.1) is 19.8 Å². The average molecular weight is 464 g/mol. The Morgan fingerprint density at radius 1 is 1.09 bits per heavy atom. The minimum Gasteiger partial charge on any atom is -0.507 e. The first kappa shape index (κ1) is 23.4. The quantitative estimate of drug-likeness (QED) is 0.336. The number of aromatic nitrogens is 4. The Kier molecular flexibility index (Phi) is 6.52. The summed E-state index contributed by atoms with van der Waals surface area (Å²) in [5.41, 5.74) is 5.15. The molecule has 0 aliphatic carbocycles. The minimum absolute atomic E-state index is 0.186. The SMILES string of the molecule is Cc1nc(-c2cc3cn(C)nc3c(C)c2O)nc2ccc(N(CSC(C)C)CC(C)C)cc12. The molecule has 2 aromatic carbocycles. The van der Waals surface area contributed by atoms with E-state index in [-0.39, 0.29) is 5.75 Å². The van der Waals surface area contributed by atoms with Crippen LogP contribution in [0.1, 0.15) is 39.0 Å². The van der Waals surface area contributed by atoms with Crippen molar-refractivity contribution in [3.05, 3.63) is 41.7 Å². The lowest BCUT2D eigenvalue weighted by atomic mass is 10.0. The van der Waals surface area contributed by atoms with E-state index in [1.807, 2.05) is 44.9 Å². The van der Waals surface area contributed by atoms with Gasteiger partial charge in [0.2, 0.25) is 0 Å². The first-order valence-corrected chi connectivity index (χ1v) is 12.5. The second-order valence-electron chi connectivity index (χ2n) is 9.43. The summed E-state index contributed by atoms with van der Waals surface area (Å²) in [6.07, 6.45) is 1.95. The molecule has 2 aromatic heterocycles. The molecule has 1 N–H and O–H groups in total. The second-order valence-corrected chi connectivity index (χ2v) is 11.0. The third kappa shape index (κ3) is 4.78. The zero-order chi connectivity index (χ0) is 23.9. The van der Waals surface area contributed by atoms with Crippen molar-refractivity contribution in [2.75, 3.05) is 17.3 Å². The van der Waals surface area contributed by atoms with E-state index >= 15 is 0 Å². The maximum Gasteiger partial charge on any atom is 0.163 e. The number of thioether (sulfide) groups is 1. The van der Waals surface area contributed by atoms with Crippen LogP contribution in [-0.4, -0.2) is 42.5 Å². The first-order valence-electron chi connectivity index (χ1n) is 11.4. The van der Waals surface area contributed by atoms with Crippen molar-refractivity contribution < 1.29 is 5.11 Å². The maximum absolute atomic E-state index is 10.9. The molecule has 7 heteroatoms. The number of nitrogens with zero attached hydrogens (tertiary/aromatic N) is 5. The molecule has 0 atom stereocenters. The topological polar surface area (TPSA) is 67.1 Å². The van der Waals surface area contributed by atoms with Gasteiger partial charge in [-0.1, -0.05) is 27.7 Å². The van der Waals surface area contributed by atoms with Gasteiger partial charge in [0, 0.05) is 52.8 Å². The van der Waals surface area contributed by atoms with Gasteiger partial charge < -0.3 is 10.0 Å². The molecule has 33 heavy (non-hydrogen) atoms. The van der Waals surface area contributed by atoms with Gasteiger partial charge >= 0.3 is 0 Å². The van der Waals surface area contributed by atoms with Crippen LogP contribution in [0.2, 0.25) is 0 Å². The fourth-order valence-corrected chi connectivity index (χ4v) is 4.84. The third-order valence-electron chi connectivity index (χ3n) is 5.75. The monoisotopic (exact) mass is 463 g/mol. The van der Waals surface area contributed by atoms with E-state index in [0.717, 1.165) is 45.5 Å². The lowest BCUT2D eigenvalue weighted by Gasteiger charge is -2.27. The predicted molar refractivity (Wildman–Crippen MR) is 140 cm³/mol. The summed E-state index contributed by atoms with van der Waals surface area (Å²) in [6, 6.07) is 8.35. The van der Waals surface area contributed by atoms with E-state index in [9.17, 15) is 5.11 Å². The van der Waals surface area contributed by atoms with Crippen LogP contribution in [0.3, 0.4) is 0 Å². The molecule has 6 nitrogen and oxygen atoms in total. The van der Waals surface area contributed by atoms with Gasteiger partial charge in [-0.2, -0.15) is 5.10 Å². The largest absolute Gasteiger partial charge is 0.507 e. The summed E-state index contributed by atoms with van der Waals surface area (Å²) in [7, 11) is 1.88. The van der Waals surface area contributed by atoms with E-state index in [4.69, 9.17) is 9.97 Å². The van der Waals surface area contributed by atoms with Gasteiger partial charge in [-0.15, -0.1) is 11.8 Å². The van der Waals surface area contributed by atoms with E-state index in [0.29, 0.717) is 22.6 Å². The summed E-state index contributed by atoms with van der Waals surface area (Å²) < 4.78 is 1.76. The highest BCUT2D eigenvalue weighted by Crippen LogP contribution is 2.36. The fourth-order valence-electron chi connectivity index (χ4n) is 4.11. The van der Waals surface area contributed by atoms with Crippen molar-refractivity contribution >= 4 is 39.3 Å². The number of fused-ring (bicyclic) bond motifs is 2. The van der Waals surface area contributed by atoms with Crippen LogP contribution in [0.4, 0.5) is 5.69 Å². The van der Waals surface area contributed by atoms with Crippen molar-refractivity contribution in [2.45, 2.75) is 46.8 Å². The number of aryl methyl sites for hydroxylation is 3. The van der Waals surface area contributed by atoms with Crippen LogP contribution in [0.15, 0.2) is 30.5 Å². The number of phenolic OH excluding ortho intramolecular Hbond substituents is 1. The molecule has 0 radical (unpaired) electrons. The lowest BCUT2D eigenvalue weighted by molar-refractivity contribution is 0.473. The molecule has 0 fully saturated rings. The highest BCUT2D eigenvalue weighted by atomic mass is 32.2. The smallest absolute Gasteiger partial charge is 0.163 e. The number of anilines is 1. The molecular weight excluding hydrogens is 430 g/mol. The zero-order valence-electron chi connectivity index (χ0n) is 20.5. The molecule has 4 rings (SSSR count). The average Bonchev–Trinajstić information content (AvgIpc) is 3.13. The Balaban J connectivity index is 1.77. The molecule has 0 spiro atoms.